The molecule has 0 spiro atoms. The molecule has 0 fully saturated rings. The van der Waals surface area contributed by atoms with Gasteiger partial charge in [-0.25, -0.2) is 0 Å². The molecule has 3 nitrogen and oxygen atoms in total. The van der Waals surface area contributed by atoms with Gasteiger partial charge in [-0.2, -0.15) is 0 Å². The first-order chi connectivity index (χ1) is 11.0. The Morgan fingerprint density at radius 2 is 1.43 bits per heavy atom. The van der Waals surface area contributed by atoms with Crippen molar-refractivity contribution in [1.29, 1.82) is 5.26 Å². The molecule has 0 atom stereocenters. The molecule has 0 aliphatic heterocycles. The van der Waals surface area contributed by atoms with E-state index in [0.717, 1.165) is 31.1 Å². The van der Waals surface area contributed by atoms with Crippen LogP contribution in [0, 0.1) is 25.2 Å². The third-order valence-electron chi connectivity index (χ3n) is 3.78. The average molecular weight is 368 g/mol. The number of phenolic OH excluding ortho intramolecular Hbond substituents is 2. The summed E-state index contributed by atoms with van der Waals surface area (Å²) in [4.78, 5) is 0. The molecule has 114 valence electrons. The standard InChI is InChI=1S/C19H15NO2Se/c1-11-7-14(21)3-5-16(11)18-9-13(10-20)19(23-18)17-6-4-15(22)8-12(17)2/h3-9,21-22H,1-2H3. The minimum atomic E-state index is 0.00846. The minimum absolute atomic E-state index is 0.00846. The van der Waals surface area contributed by atoms with E-state index in [9.17, 15) is 15.5 Å². The molecule has 1 heterocycles. The topological polar surface area (TPSA) is 64.2 Å². The van der Waals surface area contributed by atoms with Gasteiger partial charge in [-0.15, -0.1) is 0 Å². The number of hydrogen-bond acceptors (Lipinski definition) is 3. The third kappa shape index (κ3) is 2.89. The van der Waals surface area contributed by atoms with Gasteiger partial charge in [0, 0.05) is 0 Å². The number of aromatic hydroxyl groups is 2. The number of rotatable bonds is 2. The van der Waals surface area contributed by atoms with Crippen molar-refractivity contribution in [2.75, 3.05) is 0 Å². The van der Waals surface area contributed by atoms with Crippen LogP contribution in [0.4, 0.5) is 0 Å². The summed E-state index contributed by atoms with van der Waals surface area (Å²) in [7, 11) is 0. The van der Waals surface area contributed by atoms with Gasteiger partial charge in [-0.05, 0) is 0 Å². The second-order valence-corrected chi connectivity index (χ2v) is 7.67. The molecule has 3 rings (SSSR count). The van der Waals surface area contributed by atoms with E-state index in [4.69, 9.17) is 0 Å². The van der Waals surface area contributed by atoms with Gasteiger partial charge in [0.25, 0.3) is 0 Å². The van der Waals surface area contributed by atoms with E-state index >= 15 is 0 Å². The van der Waals surface area contributed by atoms with Crippen molar-refractivity contribution >= 4 is 14.5 Å². The molecular weight excluding hydrogens is 353 g/mol. The second kappa shape index (κ2) is 5.96. The normalized spacial score (nSPS) is 10.5. The van der Waals surface area contributed by atoms with Crippen LogP contribution in [-0.4, -0.2) is 24.7 Å². The quantitative estimate of drug-likeness (QED) is 0.673. The molecule has 0 aliphatic rings. The van der Waals surface area contributed by atoms with Crippen molar-refractivity contribution in [2.45, 2.75) is 13.8 Å². The maximum atomic E-state index is 9.58. The van der Waals surface area contributed by atoms with Crippen LogP contribution in [0.5, 0.6) is 11.5 Å². The molecule has 0 unspecified atom stereocenters. The van der Waals surface area contributed by atoms with Crippen LogP contribution in [-0.2, 0) is 0 Å². The molecule has 4 heteroatoms. The molecule has 0 saturated heterocycles. The van der Waals surface area contributed by atoms with Gasteiger partial charge in [0.15, 0.2) is 0 Å². The summed E-state index contributed by atoms with van der Waals surface area (Å²) >= 11 is 0.00846. The molecule has 0 bridgehead atoms. The van der Waals surface area contributed by atoms with E-state index in [1.54, 1.807) is 24.3 Å². The molecule has 23 heavy (non-hydrogen) atoms. The number of hydrogen-bond donors (Lipinski definition) is 2. The molecule has 2 aromatic carbocycles. The SMILES string of the molecule is Cc1cc(O)ccc1-c1cc(C#N)c(-c2ccc(O)cc2C)[se]1. The summed E-state index contributed by atoms with van der Waals surface area (Å²) < 4.78 is 2.18. The van der Waals surface area contributed by atoms with E-state index in [-0.39, 0.29) is 26.0 Å². The van der Waals surface area contributed by atoms with Crippen LogP contribution in [0.3, 0.4) is 0 Å². The Morgan fingerprint density at radius 1 is 0.870 bits per heavy atom. The van der Waals surface area contributed by atoms with Crippen molar-refractivity contribution in [1.82, 2.24) is 0 Å². The predicted molar refractivity (Wildman–Crippen MR) is 91.8 cm³/mol. The molecule has 2 N–H and O–H groups in total. The van der Waals surface area contributed by atoms with Crippen LogP contribution < -0.4 is 0 Å². The number of aryl methyl sites for hydroxylation is 2. The molecular formula is C19H15NO2Se. The van der Waals surface area contributed by atoms with Crippen LogP contribution >= 0.6 is 0 Å². The first-order valence-corrected chi connectivity index (χ1v) is 8.85. The van der Waals surface area contributed by atoms with Crippen LogP contribution in [0.15, 0.2) is 42.5 Å². The van der Waals surface area contributed by atoms with Gasteiger partial charge in [0.1, 0.15) is 0 Å². The third-order valence-corrected chi connectivity index (χ3v) is 6.30. The maximum absolute atomic E-state index is 9.58. The molecule has 0 saturated carbocycles. The van der Waals surface area contributed by atoms with E-state index < -0.39 is 0 Å². The van der Waals surface area contributed by atoms with Crippen LogP contribution in [0.2, 0.25) is 0 Å². The fourth-order valence-electron chi connectivity index (χ4n) is 2.63. The van der Waals surface area contributed by atoms with E-state index in [1.165, 1.54) is 0 Å². The summed E-state index contributed by atoms with van der Waals surface area (Å²) in [5.41, 5.74) is 4.73. The van der Waals surface area contributed by atoms with Crippen molar-refractivity contribution in [3.05, 3.63) is 59.2 Å². The first-order valence-electron chi connectivity index (χ1n) is 7.13. The van der Waals surface area contributed by atoms with E-state index in [0.29, 0.717) is 5.56 Å². The summed E-state index contributed by atoms with van der Waals surface area (Å²) in [5.74, 6) is 0.485. The predicted octanol–water partition coefficient (Wildman–Crippen LogP) is 3.98. The Balaban J connectivity index is 2.17. The zero-order chi connectivity index (χ0) is 16.6. The first kappa shape index (κ1) is 15.4. The summed E-state index contributed by atoms with van der Waals surface area (Å²) in [6, 6.07) is 14.8. The summed E-state index contributed by atoms with van der Waals surface area (Å²) in [5, 5.41) is 28.6. The Labute approximate surface area is 140 Å². The van der Waals surface area contributed by atoms with Gasteiger partial charge >= 0.3 is 141 Å². The fourth-order valence-corrected chi connectivity index (χ4v) is 5.34. The van der Waals surface area contributed by atoms with Gasteiger partial charge in [0.05, 0.1) is 0 Å². The average Bonchev–Trinajstić information content (AvgIpc) is 2.91. The fraction of sp³-hybridized carbons (Fsp3) is 0.105. The zero-order valence-electron chi connectivity index (χ0n) is 12.8. The Bertz CT molecular complexity index is 935. The number of nitriles is 1. The van der Waals surface area contributed by atoms with Crippen LogP contribution in [0.25, 0.3) is 20.0 Å². The van der Waals surface area contributed by atoms with Crippen molar-refractivity contribution < 1.29 is 10.2 Å². The van der Waals surface area contributed by atoms with Gasteiger partial charge < -0.3 is 0 Å². The Morgan fingerprint density at radius 3 is 1.96 bits per heavy atom. The molecule has 3 aromatic rings. The summed E-state index contributed by atoms with van der Waals surface area (Å²) in [6.07, 6.45) is 0. The molecule has 1 aromatic heterocycles. The second-order valence-electron chi connectivity index (χ2n) is 5.46. The van der Waals surface area contributed by atoms with E-state index in [2.05, 4.69) is 6.07 Å². The zero-order valence-corrected chi connectivity index (χ0v) is 14.5. The van der Waals surface area contributed by atoms with Gasteiger partial charge in [-0.3, -0.25) is 0 Å². The summed E-state index contributed by atoms with van der Waals surface area (Å²) in [6.45, 7) is 3.90. The van der Waals surface area contributed by atoms with Crippen molar-refractivity contribution in [3.8, 4) is 37.6 Å². The Kier molecular flexibility index (Phi) is 4.00. The van der Waals surface area contributed by atoms with E-state index in [1.807, 2.05) is 32.0 Å². The molecule has 0 amide bonds. The van der Waals surface area contributed by atoms with Crippen LogP contribution in [0.1, 0.15) is 16.7 Å². The number of benzene rings is 2. The van der Waals surface area contributed by atoms with Crippen molar-refractivity contribution in [2.24, 2.45) is 0 Å². The number of phenols is 2. The van der Waals surface area contributed by atoms with Gasteiger partial charge in [0.2, 0.25) is 0 Å². The molecule has 0 aliphatic carbocycles. The van der Waals surface area contributed by atoms with Gasteiger partial charge in [-0.1, -0.05) is 0 Å². The molecule has 0 radical (unpaired) electrons. The Hall–Kier alpha value is -2.47. The number of nitrogens with zero attached hydrogens (tertiary/aromatic N) is 1. The van der Waals surface area contributed by atoms with Crippen molar-refractivity contribution in [3.63, 3.8) is 0 Å². The monoisotopic (exact) mass is 369 g/mol.